The maximum Gasteiger partial charge on any atom is 0.317 e. The number of rotatable bonds is 11. The molecule has 0 fully saturated rings. The van der Waals surface area contributed by atoms with Crippen LogP contribution in [-0.4, -0.2) is 84.8 Å². The predicted octanol–water partition coefficient (Wildman–Crippen LogP) is -1.52. The third-order valence-corrected chi connectivity index (χ3v) is 1.93. The van der Waals surface area contributed by atoms with E-state index in [-0.39, 0.29) is 13.2 Å². The van der Waals surface area contributed by atoms with E-state index < -0.39 is 31.1 Å². The smallest absolute Gasteiger partial charge is 0.317 e. The molecule has 0 aromatic heterocycles. The molecule has 8 nitrogen and oxygen atoms in total. The summed E-state index contributed by atoms with van der Waals surface area (Å²) in [6.45, 7) is -0.264. The highest BCUT2D eigenvalue weighted by Crippen LogP contribution is 1.94. The van der Waals surface area contributed by atoms with E-state index in [2.05, 4.69) is 0 Å². The van der Waals surface area contributed by atoms with Gasteiger partial charge in [-0.3, -0.25) is 14.5 Å². The van der Waals surface area contributed by atoms with E-state index in [1.54, 1.807) is 0 Å². The van der Waals surface area contributed by atoms with Gasteiger partial charge in [-0.15, -0.1) is 0 Å². The van der Waals surface area contributed by atoms with Crippen LogP contribution in [0.3, 0.4) is 0 Å². The molecule has 0 rings (SSSR count). The Bertz CT molecular complexity index is 243. The first-order valence-electron chi connectivity index (χ1n) is 5.36. The summed E-state index contributed by atoms with van der Waals surface area (Å²) >= 11 is 0. The van der Waals surface area contributed by atoms with E-state index in [1.807, 2.05) is 0 Å². The molecular weight excluding hydrogens is 246 g/mol. The van der Waals surface area contributed by atoms with E-state index in [0.717, 1.165) is 4.90 Å². The summed E-state index contributed by atoms with van der Waals surface area (Å²) in [5, 5.41) is 26.7. The lowest BCUT2D eigenvalue weighted by Crippen LogP contribution is -2.41. The highest BCUT2D eigenvalue weighted by atomic mass is 16.5. The summed E-state index contributed by atoms with van der Waals surface area (Å²) in [6.07, 6.45) is -0.944. The Balaban J connectivity index is 3.97. The molecule has 0 spiro atoms. The van der Waals surface area contributed by atoms with Crippen molar-refractivity contribution in [3.05, 3.63) is 0 Å². The molecule has 0 saturated heterocycles. The van der Waals surface area contributed by atoms with Gasteiger partial charge in [-0.05, 0) is 0 Å². The molecule has 106 valence electrons. The van der Waals surface area contributed by atoms with Crippen LogP contribution >= 0.6 is 0 Å². The Kier molecular flexibility index (Phi) is 9.11. The van der Waals surface area contributed by atoms with Gasteiger partial charge in [0.1, 0.15) is 0 Å². The first kappa shape index (κ1) is 16.8. The lowest BCUT2D eigenvalue weighted by Gasteiger charge is -2.21. The van der Waals surface area contributed by atoms with Gasteiger partial charge in [0.2, 0.25) is 0 Å². The maximum absolute atomic E-state index is 10.5. The minimum absolute atomic E-state index is 0.000895. The molecule has 0 bridgehead atoms. The van der Waals surface area contributed by atoms with Gasteiger partial charge < -0.3 is 24.8 Å². The normalized spacial score (nSPS) is 12.6. The van der Waals surface area contributed by atoms with E-state index in [4.69, 9.17) is 19.7 Å². The van der Waals surface area contributed by atoms with E-state index in [9.17, 15) is 14.7 Å². The second kappa shape index (κ2) is 9.77. The van der Waals surface area contributed by atoms with Crippen LogP contribution in [0.25, 0.3) is 0 Å². The number of hydrogen-bond acceptors (Lipinski definition) is 6. The van der Waals surface area contributed by atoms with Gasteiger partial charge in [0.05, 0.1) is 39.0 Å². The highest BCUT2D eigenvalue weighted by molar-refractivity contribution is 5.72. The lowest BCUT2D eigenvalue weighted by molar-refractivity contribution is -0.142. The Hall–Kier alpha value is -1.22. The van der Waals surface area contributed by atoms with Crippen molar-refractivity contribution in [3.8, 4) is 0 Å². The summed E-state index contributed by atoms with van der Waals surface area (Å²) in [4.78, 5) is 22.1. The van der Waals surface area contributed by atoms with E-state index >= 15 is 0 Å². The Morgan fingerprint density at radius 3 is 2.17 bits per heavy atom. The largest absolute Gasteiger partial charge is 0.480 e. The summed E-state index contributed by atoms with van der Waals surface area (Å²) in [6, 6.07) is 0. The fraction of sp³-hybridized carbons (Fsp3) is 0.800. The first-order valence-corrected chi connectivity index (χ1v) is 5.36. The molecule has 0 heterocycles. The number of nitrogens with zero attached hydrogens (tertiary/aromatic N) is 1. The van der Waals surface area contributed by atoms with Gasteiger partial charge >= 0.3 is 11.9 Å². The van der Waals surface area contributed by atoms with Crippen molar-refractivity contribution in [2.24, 2.45) is 0 Å². The zero-order valence-electron chi connectivity index (χ0n) is 10.2. The van der Waals surface area contributed by atoms with Crippen molar-refractivity contribution >= 4 is 11.9 Å². The lowest BCUT2D eigenvalue weighted by atomic mass is 10.3. The quantitative estimate of drug-likeness (QED) is 0.386. The second-order valence-corrected chi connectivity index (χ2v) is 3.68. The van der Waals surface area contributed by atoms with Crippen molar-refractivity contribution < 1.29 is 34.4 Å². The third kappa shape index (κ3) is 9.97. The number of aliphatic carboxylic acids is 2. The van der Waals surface area contributed by atoms with Crippen LogP contribution in [0.1, 0.15) is 0 Å². The number of aliphatic hydroxyl groups is 1. The number of carboxylic acids is 2. The second-order valence-electron chi connectivity index (χ2n) is 3.68. The fourth-order valence-corrected chi connectivity index (χ4v) is 1.28. The first-order chi connectivity index (χ1) is 8.45. The minimum atomic E-state index is -1.15. The van der Waals surface area contributed by atoms with E-state index in [1.165, 1.54) is 7.11 Å². The Labute approximate surface area is 105 Å². The number of methoxy groups -OCH3 is 1. The van der Waals surface area contributed by atoms with Crippen molar-refractivity contribution in [2.75, 3.05) is 46.6 Å². The SMILES string of the molecule is COCCOCC(O)CN(CC(=O)O)CC(=O)O. The minimum Gasteiger partial charge on any atom is -0.480 e. The topological polar surface area (TPSA) is 117 Å². The van der Waals surface area contributed by atoms with Gasteiger partial charge in [0.25, 0.3) is 0 Å². The van der Waals surface area contributed by atoms with Gasteiger partial charge in [0.15, 0.2) is 0 Å². The molecule has 18 heavy (non-hydrogen) atoms. The van der Waals surface area contributed by atoms with Crippen LogP contribution in [-0.2, 0) is 19.1 Å². The summed E-state index contributed by atoms with van der Waals surface area (Å²) < 4.78 is 9.79. The third-order valence-electron chi connectivity index (χ3n) is 1.93. The summed E-state index contributed by atoms with van der Waals surface area (Å²) in [5.74, 6) is -2.30. The van der Waals surface area contributed by atoms with Crippen LogP contribution in [0.4, 0.5) is 0 Å². The molecule has 0 aromatic rings. The van der Waals surface area contributed by atoms with Crippen LogP contribution in [0.2, 0.25) is 0 Å². The number of carbonyl (C=O) groups is 2. The van der Waals surface area contributed by atoms with Crippen molar-refractivity contribution in [2.45, 2.75) is 6.10 Å². The molecular formula is C10H19NO7. The van der Waals surface area contributed by atoms with Gasteiger partial charge in [-0.2, -0.15) is 0 Å². The molecule has 0 aromatic carbocycles. The number of ether oxygens (including phenoxy) is 2. The number of hydrogen-bond donors (Lipinski definition) is 3. The molecule has 0 amide bonds. The highest BCUT2D eigenvalue weighted by Gasteiger charge is 2.17. The summed E-state index contributed by atoms with van der Waals surface area (Å²) in [7, 11) is 1.52. The number of carboxylic acid groups (broad SMARTS) is 2. The zero-order chi connectivity index (χ0) is 14.0. The van der Waals surface area contributed by atoms with Crippen LogP contribution < -0.4 is 0 Å². The maximum atomic E-state index is 10.5. The standard InChI is InChI=1S/C10H19NO7/c1-17-2-3-18-7-8(12)4-11(5-9(13)14)6-10(15)16/h8,12H,2-7H2,1H3,(H,13,14)(H,15,16). The van der Waals surface area contributed by atoms with Crippen molar-refractivity contribution in [1.29, 1.82) is 0 Å². The molecule has 1 unspecified atom stereocenters. The molecule has 0 saturated carbocycles. The Morgan fingerprint density at radius 2 is 1.72 bits per heavy atom. The fourth-order valence-electron chi connectivity index (χ4n) is 1.28. The Morgan fingerprint density at radius 1 is 1.17 bits per heavy atom. The molecule has 1 atom stereocenters. The monoisotopic (exact) mass is 265 g/mol. The molecule has 0 aliphatic heterocycles. The average molecular weight is 265 g/mol. The van der Waals surface area contributed by atoms with Crippen LogP contribution in [0.5, 0.6) is 0 Å². The molecule has 0 aliphatic rings. The van der Waals surface area contributed by atoms with Gasteiger partial charge in [-0.25, -0.2) is 0 Å². The zero-order valence-corrected chi connectivity index (χ0v) is 10.2. The molecule has 8 heteroatoms. The molecule has 0 aliphatic carbocycles. The van der Waals surface area contributed by atoms with Crippen molar-refractivity contribution in [3.63, 3.8) is 0 Å². The summed E-state index contributed by atoms with van der Waals surface area (Å²) in [5.41, 5.74) is 0. The molecule has 3 N–H and O–H groups in total. The van der Waals surface area contributed by atoms with Gasteiger partial charge in [-0.1, -0.05) is 0 Å². The number of aliphatic hydroxyl groups excluding tert-OH is 1. The van der Waals surface area contributed by atoms with E-state index in [0.29, 0.717) is 13.2 Å². The van der Waals surface area contributed by atoms with Crippen LogP contribution in [0, 0.1) is 0 Å². The molecule has 0 radical (unpaired) electrons. The van der Waals surface area contributed by atoms with Gasteiger partial charge in [0, 0.05) is 13.7 Å². The van der Waals surface area contributed by atoms with Crippen molar-refractivity contribution in [1.82, 2.24) is 4.90 Å². The van der Waals surface area contributed by atoms with Crippen LogP contribution in [0.15, 0.2) is 0 Å². The predicted molar refractivity (Wildman–Crippen MR) is 60.4 cm³/mol. The average Bonchev–Trinajstić information content (AvgIpc) is 2.22.